The number of amides is 1. The van der Waals surface area contributed by atoms with Crippen molar-refractivity contribution >= 4 is 21.8 Å². The molecule has 2 aromatic carbocycles. The molecule has 0 aliphatic carbocycles. The predicted molar refractivity (Wildman–Crippen MR) is 163 cm³/mol. The maximum absolute atomic E-state index is 13.4. The first-order chi connectivity index (χ1) is 20.9. The average molecular weight is 684 g/mol. The SMILES string of the molecule is CC(NC(=O)C(C)(C)Oc1ccc(C(F)(F)F)cn1)C(Cc1ccc(Br)cc1)c1cccc(OCCOCCOCCO)c1. The first-order valence-corrected chi connectivity index (χ1v) is 14.9. The Balaban J connectivity index is 1.69. The number of rotatable bonds is 17. The van der Waals surface area contributed by atoms with Crippen LogP contribution in [-0.4, -0.2) is 67.3 Å². The van der Waals surface area contributed by atoms with E-state index in [1.807, 2.05) is 55.5 Å². The van der Waals surface area contributed by atoms with Crippen molar-refractivity contribution in [1.29, 1.82) is 0 Å². The predicted octanol–water partition coefficient (Wildman–Crippen LogP) is 5.96. The van der Waals surface area contributed by atoms with E-state index in [2.05, 4.69) is 26.2 Å². The third-order valence-corrected chi connectivity index (χ3v) is 7.22. The normalized spacial score (nSPS) is 13.3. The molecule has 3 rings (SSSR count). The fraction of sp³-hybridized carbons (Fsp3) is 0.438. The summed E-state index contributed by atoms with van der Waals surface area (Å²) in [6, 6.07) is 17.2. The first-order valence-electron chi connectivity index (χ1n) is 14.2. The van der Waals surface area contributed by atoms with Gasteiger partial charge in [-0.05, 0) is 68.7 Å². The Labute approximate surface area is 264 Å². The van der Waals surface area contributed by atoms with Crippen molar-refractivity contribution in [2.75, 3.05) is 39.6 Å². The van der Waals surface area contributed by atoms with Crippen molar-refractivity contribution in [1.82, 2.24) is 10.3 Å². The summed E-state index contributed by atoms with van der Waals surface area (Å²) >= 11 is 3.47. The van der Waals surface area contributed by atoms with E-state index >= 15 is 0 Å². The molecule has 0 radical (unpaired) electrons. The number of hydrogen-bond donors (Lipinski definition) is 2. The molecule has 3 aromatic rings. The third-order valence-electron chi connectivity index (χ3n) is 6.69. The van der Waals surface area contributed by atoms with Gasteiger partial charge in [-0.25, -0.2) is 4.98 Å². The van der Waals surface area contributed by atoms with Crippen molar-refractivity contribution in [2.24, 2.45) is 0 Å². The average Bonchev–Trinajstić information content (AvgIpc) is 2.98. The quantitative estimate of drug-likeness (QED) is 0.170. The van der Waals surface area contributed by atoms with Crippen LogP contribution in [0.25, 0.3) is 0 Å². The van der Waals surface area contributed by atoms with Crippen LogP contribution in [0.5, 0.6) is 11.6 Å². The van der Waals surface area contributed by atoms with Crippen molar-refractivity contribution in [3.8, 4) is 11.6 Å². The summed E-state index contributed by atoms with van der Waals surface area (Å²) in [6.45, 7) is 6.69. The van der Waals surface area contributed by atoms with Gasteiger partial charge in [0.15, 0.2) is 5.60 Å². The van der Waals surface area contributed by atoms with Crippen molar-refractivity contribution in [3.05, 3.63) is 88.0 Å². The number of carbonyl (C=O) groups excluding carboxylic acids is 1. The van der Waals surface area contributed by atoms with Crippen LogP contribution in [0.2, 0.25) is 0 Å². The van der Waals surface area contributed by atoms with Crippen LogP contribution >= 0.6 is 15.9 Å². The lowest BCUT2D eigenvalue weighted by atomic mass is 9.86. The number of nitrogens with zero attached hydrogens (tertiary/aromatic N) is 1. The van der Waals surface area contributed by atoms with Gasteiger partial charge in [0.25, 0.3) is 5.91 Å². The van der Waals surface area contributed by atoms with Crippen LogP contribution in [-0.2, 0) is 26.9 Å². The molecular formula is C32H38BrF3N2O6. The molecule has 1 heterocycles. The molecule has 0 aliphatic heterocycles. The summed E-state index contributed by atoms with van der Waals surface area (Å²) in [5, 5.41) is 11.8. The number of nitrogens with one attached hydrogen (secondary N) is 1. The number of aromatic nitrogens is 1. The Morgan fingerprint density at radius 1 is 0.977 bits per heavy atom. The standard InChI is InChI=1S/C32H38BrF3N2O6/c1-22(38-30(40)31(2,3)44-29-12-9-25(21-37-29)32(34,35)36)28(19-23-7-10-26(33)11-8-23)24-5-4-6-27(20-24)43-18-17-42-16-15-41-14-13-39/h4-12,20-22,28,39H,13-19H2,1-3H3,(H,38,40). The van der Waals surface area contributed by atoms with Crippen LogP contribution in [0.4, 0.5) is 13.2 Å². The van der Waals surface area contributed by atoms with Crippen LogP contribution in [0.3, 0.4) is 0 Å². The van der Waals surface area contributed by atoms with Gasteiger partial charge in [-0.2, -0.15) is 13.2 Å². The minimum Gasteiger partial charge on any atom is -0.491 e. The summed E-state index contributed by atoms with van der Waals surface area (Å²) in [4.78, 5) is 17.1. The van der Waals surface area contributed by atoms with Crippen LogP contribution in [0.1, 0.15) is 43.4 Å². The maximum Gasteiger partial charge on any atom is 0.417 e. The number of hydrogen-bond acceptors (Lipinski definition) is 7. The number of alkyl halides is 3. The Bertz CT molecular complexity index is 1310. The highest BCUT2D eigenvalue weighted by molar-refractivity contribution is 9.10. The number of ether oxygens (including phenoxy) is 4. The summed E-state index contributed by atoms with van der Waals surface area (Å²) in [5.74, 6) is -0.0497. The zero-order chi connectivity index (χ0) is 32.2. The molecule has 8 nitrogen and oxygen atoms in total. The maximum atomic E-state index is 13.4. The number of pyridine rings is 1. The minimum absolute atomic E-state index is 0.0314. The van der Waals surface area contributed by atoms with Gasteiger partial charge in [-0.3, -0.25) is 4.79 Å². The Morgan fingerprint density at radius 2 is 1.66 bits per heavy atom. The lowest BCUT2D eigenvalue weighted by Gasteiger charge is -2.31. The third kappa shape index (κ3) is 11.4. The van der Waals surface area contributed by atoms with Gasteiger partial charge in [0.05, 0.1) is 38.6 Å². The first kappa shape index (κ1) is 35.3. The molecule has 2 unspecified atom stereocenters. The second kappa shape index (κ2) is 16.8. The van der Waals surface area contributed by atoms with E-state index in [-0.39, 0.29) is 31.1 Å². The minimum atomic E-state index is -4.52. The van der Waals surface area contributed by atoms with Gasteiger partial charge in [0.2, 0.25) is 5.88 Å². The largest absolute Gasteiger partial charge is 0.491 e. The molecule has 2 atom stereocenters. The Hall–Kier alpha value is -3.19. The van der Waals surface area contributed by atoms with Gasteiger partial charge < -0.3 is 29.4 Å². The fourth-order valence-electron chi connectivity index (χ4n) is 4.29. The van der Waals surface area contributed by atoms with E-state index < -0.39 is 23.2 Å². The lowest BCUT2D eigenvalue weighted by Crippen LogP contribution is -2.51. The monoisotopic (exact) mass is 682 g/mol. The number of halogens is 4. The molecule has 0 saturated heterocycles. The second-order valence-corrected chi connectivity index (χ2v) is 11.5. The van der Waals surface area contributed by atoms with E-state index in [0.29, 0.717) is 44.8 Å². The van der Waals surface area contributed by atoms with Crippen LogP contribution in [0, 0.1) is 0 Å². The number of benzene rings is 2. The van der Waals surface area contributed by atoms with Crippen LogP contribution in [0.15, 0.2) is 71.3 Å². The molecule has 2 N–H and O–H groups in total. The number of aliphatic hydroxyl groups excluding tert-OH is 1. The topological polar surface area (TPSA) is 99.1 Å². The lowest BCUT2D eigenvalue weighted by molar-refractivity contribution is -0.138. The zero-order valence-corrected chi connectivity index (χ0v) is 26.5. The van der Waals surface area contributed by atoms with E-state index in [1.165, 1.54) is 13.8 Å². The number of carbonyl (C=O) groups is 1. The second-order valence-electron chi connectivity index (χ2n) is 10.6. The molecule has 1 amide bonds. The molecule has 12 heteroatoms. The molecule has 44 heavy (non-hydrogen) atoms. The van der Waals surface area contributed by atoms with Gasteiger partial charge >= 0.3 is 6.18 Å². The van der Waals surface area contributed by atoms with Gasteiger partial charge in [0, 0.05) is 28.7 Å². The molecule has 0 bridgehead atoms. The van der Waals surface area contributed by atoms with E-state index in [0.717, 1.165) is 27.7 Å². The zero-order valence-electron chi connectivity index (χ0n) is 24.9. The summed E-state index contributed by atoms with van der Waals surface area (Å²) in [7, 11) is 0. The molecule has 0 fully saturated rings. The van der Waals surface area contributed by atoms with Crippen molar-refractivity contribution in [3.63, 3.8) is 0 Å². The molecule has 1 aromatic heterocycles. The van der Waals surface area contributed by atoms with Crippen molar-refractivity contribution < 1.29 is 42.0 Å². The molecule has 0 spiro atoms. The fourth-order valence-corrected chi connectivity index (χ4v) is 4.56. The van der Waals surface area contributed by atoms with E-state index in [4.69, 9.17) is 24.1 Å². The Morgan fingerprint density at radius 3 is 2.30 bits per heavy atom. The van der Waals surface area contributed by atoms with Gasteiger partial charge in [-0.1, -0.05) is 40.2 Å². The van der Waals surface area contributed by atoms with Gasteiger partial charge in [-0.15, -0.1) is 0 Å². The molecular weight excluding hydrogens is 645 g/mol. The number of aliphatic hydroxyl groups is 1. The summed E-state index contributed by atoms with van der Waals surface area (Å²) < 4.78 is 62.0. The molecule has 0 saturated carbocycles. The van der Waals surface area contributed by atoms with Gasteiger partial charge in [0.1, 0.15) is 12.4 Å². The highest BCUT2D eigenvalue weighted by atomic mass is 79.9. The smallest absolute Gasteiger partial charge is 0.417 e. The van der Waals surface area contributed by atoms with Crippen LogP contribution < -0.4 is 14.8 Å². The molecule has 0 aliphatic rings. The molecule has 240 valence electrons. The van der Waals surface area contributed by atoms with Crippen molar-refractivity contribution in [2.45, 2.75) is 50.9 Å². The Kier molecular flexibility index (Phi) is 13.4. The van der Waals surface area contributed by atoms with E-state index in [9.17, 15) is 18.0 Å². The highest BCUT2D eigenvalue weighted by Gasteiger charge is 2.34. The summed E-state index contributed by atoms with van der Waals surface area (Å²) in [6.07, 6.45) is -3.24. The highest BCUT2D eigenvalue weighted by Crippen LogP contribution is 2.31. The summed E-state index contributed by atoms with van der Waals surface area (Å²) in [5.41, 5.74) is -0.317. The van der Waals surface area contributed by atoms with E-state index in [1.54, 1.807) is 0 Å².